The number of rotatable bonds is 27. The summed E-state index contributed by atoms with van der Waals surface area (Å²) in [4.78, 5) is 77.1. The average Bonchev–Trinajstić information content (AvgIpc) is 1.61. The van der Waals surface area contributed by atoms with E-state index in [1.54, 1.807) is 23.9 Å². The van der Waals surface area contributed by atoms with E-state index in [4.69, 9.17) is 14.2 Å². The fraction of sp³-hybridized carbons (Fsp3) is 0.481. The number of halogens is 7. The van der Waals surface area contributed by atoms with Crippen LogP contribution < -0.4 is 0 Å². The van der Waals surface area contributed by atoms with Crippen LogP contribution in [0.2, 0.25) is 0 Å². The number of esters is 1. The van der Waals surface area contributed by atoms with Crippen LogP contribution in [0.25, 0.3) is 11.1 Å². The van der Waals surface area contributed by atoms with E-state index in [9.17, 15) is 54.7 Å². The van der Waals surface area contributed by atoms with E-state index in [-0.39, 0.29) is 67.6 Å². The summed E-state index contributed by atoms with van der Waals surface area (Å²) < 4.78 is 112. The summed E-state index contributed by atoms with van der Waals surface area (Å²) in [6, 6.07) is 41.0. The smallest absolute Gasteiger partial charge is 0.416 e. The number of alkyl halides is 6. The Hall–Kier alpha value is -8.02. The Morgan fingerprint density at radius 1 is 0.634 bits per heavy atom. The molecule has 3 saturated heterocycles. The van der Waals surface area contributed by atoms with Gasteiger partial charge in [-0.2, -0.15) is 26.3 Å². The molecule has 6 aromatic rings. The van der Waals surface area contributed by atoms with Crippen molar-refractivity contribution in [2.75, 3.05) is 121 Å². The third-order valence-corrected chi connectivity index (χ3v) is 20.6. The second kappa shape index (κ2) is 35.2. The van der Waals surface area contributed by atoms with Gasteiger partial charge in [0.05, 0.1) is 24.1 Å². The highest BCUT2D eigenvalue weighted by Crippen LogP contribution is 2.50. The Morgan fingerprint density at radius 2 is 1.26 bits per heavy atom. The van der Waals surface area contributed by atoms with Crippen LogP contribution in [0.1, 0.15) is 131 Å². The second-order valence-electron chi connectivity index (χ2n) is 27.7. The first-order valence-corrected chi connectivity index (χ1v) is 35.1. The lowest BCUT2D eigenvalue weighted by Gasteiger charge is -2.44. The normalized spacial score (nSPS) is 17.9. The van der Waals surface area contributed by atoms with Gasteiger partial charge in [-0.15, -0.1) is 0 Å². The molecule has 10 rings (SSSR count). The molecule has 6 aromatic carbocycles. The number of hydrogen-bond acceptors (Lipinski definition) is 11. The molecular weight excluding hydrogens is 1310 g/mol. The van der Waals surface area contributed by atoms with Gasteiger partial charge in [0.15, 0.2) is 0 Å². The van der Waals surface area contributed by atoms with E-state index in [0.717, 1.165) is 124 Å². The van der Waals surface area contributed by atoms with Gasteiger partial charge in [-0.3, -0.25) is 24.0 Å². The van der Waals surface area contributed by atoms with Gasteiger partial charge in [0.2, 0.25) is 11.8 Å². The molecule has 0 bridgehead atoms. The minimum absolute atomic E-state index is 0.00621. The Balaban J connectivity index is 0.000000240. The van der Waals surface area contributed by atoms with Crippen LogP contribution in [0.4, 0.5) is 30.7 Å². The molecule has 3 aliphatic heterocycles. The van der Waals surface area contributed by atoms with Gasteiger partial charge in [-0.1, -0.05) is 116 Å². The van der Waals surface area contributed by atoms with Gasteiger partial charge >= 0.3 is 18.3 Å². The number of amides is 4. The molecule has 22 heteroatoms. The number of carbonyl (C=O) groups is 5. The first-order chi connectivity index (χ1) is 48.2. The zero-order valence-corrected chi connectivity index (χ0v) is 58.9. The molecule has 4 amide bonds. The molecule has 0 unspecified atom stereocenters. The van der Waals surface area contributed by atoms with E-state index < -0.39 is 46.4 Å². The number of methoxy groups -OCH3 is 1. The second-order valence-corrected chi connectivity index (χ2v) is 27.7. The quantitative estimate of drug-likeness (QED) is 0.0277. The highest BCUT2D eigenvalue weighted by atomic mass is 19.4. The van der Waals surface area contributed by atoms with Gasteiger partial charge in [-0.05, 0) is 172 Å². The van der Waals surface area contributed by atoms with Gasteiger partial charge in [0.25, 0.3) is 11.8 Å². The maximum atomic E-state index is 13.9. The Labute approximate surface area is 589 Å². The number of likely N-dealkylation sites (N-methyl/N-ethyl adjacent to an activating group) is 2. The summed E-state index contributed by atoms with van der Waals surface area (Å²) in [7, 11) is 9.02. The summed E-state index contributed by atoms with van der Waals surface area (Å²) >= 11 is 0. The lowest BCUT2D eigenvalue weighted by molar-refractivity contribution is -0.150. The number of fused-ring (bicyclic) bond motifs is 2. The molecule has 1 aliphatic carbocycles. The highest BCUT2D eigenvalue weighted by Gasteiger charge is 2.48. The van der Waals surface area contributed by atoms with Gasteiger partial charge in [0, 0.05) is 104 Å². The Kier molecular flexibility index (Phi) is 26.9. The molecule has 4 aliphatic rings. The van der Waals surface area contributed by atoms with Crippen LogP contribution in [0.15, 0.2) is 146 Å². The van der Waals surface area contributed by atoms with E-state index in [1.165, 1.54) is 42.5 Å². The monoisotopic (exact) mass is 1400 g/mol. The summed E-state index contributed by atoms with van der Waals surface area (Å²) in [6.07, 6.45) is -0.835. The van der Waals surface area contributed by atoms with Gasteiger partial charge in [-0.25, -0.2) is 4.39 Å². The molecule has 1 spiro atoms. The van der Waals surface area contributed by atoms with Crippen LogP contribution in [0.5, 0.6) is 0 Å². The molecule has 3 fully saturated rings. The van der Waals surface area contributed by atoms with Crippen molar-refractivity contribution >= 4 is 29.6 Å². The topological polar surface area (TPSA) is 136 Å². The zero-order valence-electron chi connectivity index (χ0n) is 58.9. The molecule has 0 saturated carbocycles. The number of carbonyl (C=O) groups excluding carboxylic acids is 5. The van der Waals surface area contributed by atoms with Crippen LogP contribution in [0.3, 0.4) is 0 Å². The van der Waals surface area contributed by atoms with Crippen molar-refractivity contribution in [3.63, 3.8) is 0 Å². The summed E-state index contributed by atoms with van der Waals surface area (Å²) in [5, 5.41) is 0. The van der Waals surface area contributed by atoms with Crippen LogP contribution in [0, 0.1) is 11.7 Å². The SMILES string of the molecule is COCC(=O)N(C)CCCN(C)C(=O)c1ccc(CN(C)CCCCCC(=O)N(C)CCN2CCC(OC(=O)Cc3ccccc3-c3ccccc3)CC2)cc1.C[C@H]1Cc2ccccc2C12CCN(CC[C@@]1(c3ccc(F)cc3)CN(C(=O)c3cc(C(F)(F)F)cc(C(F)(F)F)c3)CO1)CC2. The van der Waals surface area contributed by atoms with Gasteiger partial charge in [0.1, 0.15) is 30.9 Å². The largest absolute Gasteiger partial charge is 0.462 e. The maximum Gasteiger partial charge on any atom is 0.416 e. The zero-order chi connectivity index (χ0) is 72.5. The lowest BCUT2D eigenvalue weighted by Crippen LogP contribution is -2.46. The first kappa shape index (κ1) is 77.1. The van der Waals surface area contributed by atoms with Crippen LogP contribution in [-0.4, -0.2) is 191 Å². The average molecular weight is 1400 g/mol. The number of likely N-dealkylation sites (tertiary alicyclic amines) is 2. The van der Waals surface area contributed by atoms with Crippen molar-refractivity contribution in [2.24, 2.45) is 5.92 Å². The number of hydrogen-bond donors (Lipinski definition) is 0. The molecule has 0 N–H and O–H groups in total. The molecule has 0 radical (unpaired) electrons. The van der Waals surface area contributed by atoms with Crippen LogP contribution in [-0.2, 0) is 71.3 Å². The summed E-state index contributed by atoms with van der Waals surface area (Å²) in [5.41, 5.74) is 3.48. The fourth-order valence-corrected chi connectivity index (χ4v) is 14.5. The van der Waals surface area contributed by atoms with Crippen molar-refractivity contribution in [3.8, 4) is 11.1 Å². The maximum absolute atomic E-state index is 13.9. The molecule has 101 heavy (non-hydrogen) atoms. The Bertz CT molecular complexity index is 3680. The molecule has 0 aromatic heterocycles. The number of ether oxygens (including phenoxy) is 3. The number of unbranched alkanes of at least 4 members (excludes halogenated alkanes) is 2. The minimum Gasteiger partial charge on any atom is -0.462 e. The number of benzene rings is 6. The predicted octanol–water partition coefficient (Wildman–Crippen LogP) is 13.4. The standard InChI is InChI=1S/C45H63N5O6.C34H33F7N2O2/c1-46(34-36-20-22-38(23-21-36)45(54)49(4)28-14-27-47(2)43(52)35-55-5)26-13-7-10-19-42(51)48(3)31-32-50-29-24-40(25-30-50)56-44(53)33-39-17-11-12-18-41(39)37-15-8-6-9-16-37;1-22-16-23-4-2-3-5-29(23)31(22)10-13-42(14-11-31)15-12-32(25-6-8-28(35)9-7-25)20-43(21-45-32)30(44)24-17-26(33(36,37)38)19-27(18-24)34(39,40)41/h6,8-9,11-12,15-18,20-23,40H,7,10,13-14,19,24-35H2,1-5H3;2-9,17-19,22H,10-16,20-21H2,1H3/t;22-,32-/m.0/s1. The van der Waals surface area contributed by atoms with Crippen molar-refractivity contribution in [1.82, 2.24) is 34.3 Å². The van der Waals surface area contributed by atoms with E-state index >= 15 is 0 Å². The molecule has 2 atom stereocenters. The summed E-state index contributed by atoms with van der Waals surface area (Å²) in [6.45, 7) is 10.2. The molecular formula is C79H96F7N7O8. The third-order valence-electron chi connectivity index (χ3n) is 20.6. The van der Waals surface area contributed by atoms with E-state index in [2.05, 4.69) is 71.1 Å². The van der Waals surface area contributed by atoms with E-state index in [0.29, 0.717) is 74.6 Å². The van der Waals surface area contributed by atoms with E-state index in [1.807, 2.05) is 72.6 Å². The third kappa shape index (κ3) is 20.9. The lowest BCUT2D eigenvalue weighted by atomic mass is 9.68. The molecule has 15 nitrogen and oxygen atoms in total. The van der Waals surface area contributed by atoms with Crippen molar-refractivity contribution in [2.45, 2.75) is 120 Å². The minimum atomic E-state index is -5.08. The molecule has 3 heterocycles. The first-order valence-electron chi connectivity index (χ1n) is 35.1. The predicted molar refractivity (Wildman–Crippen MR) is 374 cm³/mol. The molecule has 544 valence electrons. The van der Waals surface area contributed by atoms with Crippen molar-refractivity contribution in [1.29, 1.82) is 0 Å². The Morgan fingerprint density at radius 3 is 1.93 bits per heavy atom. The van der Waals surface area contributed by atoms with Crippen LogP contribution >= 0.6 is 0 Å². The summed E-state index contributed by atoms with van der Waals surface area (Å²) in [5.74, 6) is -1.07. The van der Waals surface area contributed by atoms with Gasteiger partial charge < -0.3 is 48.5 Å². The van der Waals surface area contributed by atoms with Crippen molar-refractivity contribution in [3.05, 3.63) is 201 Å². The van der Waals surface area contributed by atoms with Crippen molar-refractivity contribution < 1.29 is 68.9 Å². The number of piperidine rings is 2. The number of nitrogens with zero attached hydrogens (tertiary/aromatic N) is 7. The fourth-order valence-electron chi connectivity index (χ4n) is 14.5. The highest BCUT2D eigenvalue weighted by molar-refractivity contribution is 5.95.